The maximum Gasteiger partial charge on any atom is 0.496 e. The summed E-state index contributed by atoms with van der Waals surface area (Å²) in [6.45, 7) is 13.7. The molecule has 0 aliphatic carbocycles. The smallest absolute Gasteiger partial charge is 0.399 e. The number of amides is 1. The fourth-order valence-corrected chi connectivity index (χ4v) is 2.51. The van der Waals surface area contributed by atoms with Gasteiger partial charge in [0.05, 0.1) is 11.2 Å². The quantitative estimate of drug-likeness (QED) is 0.836. The molecule has 1 aliphatic rings. The number of hydrogen-bond donors (Lipinski definition) is 1. The molecule has 0 unspecified atom stereocenters. The van der Waals surface area contributed by atoms with E-state index in [1.807, 2.05) is 48.5 Å². The van der Waals surface area contributed by atoms with Crippen molar-refractivity contribution in [2.45, 2.75) is 59.7 Å². The third kappa shape index (κ3) is 2.47. The molecule has 0 atom stereocenters. The zero-order chi connectivity index (χ0) is 16.2. The van der Waals surface area contributed by atoms with Crippen molar-refractivity contribution < 1.29 is 14.1 Å². The molecule has 0 spiro atoms. The van der Waals surface area contributed by atoms with Crippen LogP contribution in [0.5, 0.6) is 0 Å². The highest BCUT2D eigenvalue weighted by atomic mass is 16.7. The zero-order valence-corrected chi connectivity index (χ0v) is 13.8. The Balaban J connectivity index is 2.53. The summed E-state index contributed by atoms with van der Waals surface area (Å²) in [4.78, 5) is 15.8. The number of carbonyl (C=O) groups excluding carboxylic acids is 1. The Kier molecular flexibility index (Phi) is 3.67. The Bertz CT molecular complexity index is 595. The van der Waals surface area contributed by atoms with Gasteiger partial charge in [-0.15, -0.1) is 0 Å². The molecule has 1 saturated heterocycles. The SMILES string of the molecule is Cc1nc(C(N)=O)c(C)c(C)c1B1OC(C)(C)C(C)(C)O1. The third-order valence-electron chi connectivity index (χ3n) is 4.71. The van der Waals surface area contributed by atoms with Crippen molar-refractivity contribution in [1.29, 1.82) is 0 Å². The Morgan fingerprint density at radius 1 is 1.05 bits per heavy atom. The number of pyridine rings is 1. The van der Waals surface area contributed by atoms with E-state index >= 15 is 0 Å². The lowest BCUT2D eigenvalue weighted by Gasteiger charge is -2.32. The predicted octanol–water partition coefficient (Wildman–Crippen LogP) is 1.40. The lowest BCUT2D eigenvalue weighted by molar-refractivity contribution is 0.00578. The number of primary amides is 1. The van der Waals surface area contributed by atoms with Gasteiger partial charge in [0.25, 0.3) is 5.91 Å². The van der Waals surface area contributed by atoms with E-state index in [4.69, 9.17) is 15.0 Å². The molecular formula is C15H23BN2O3. The summed E-state index contributed by atoms with van der Waals surface area (Å²) in [5.74, 6) is -0.515. The number of hydrogen-bond acceptors (Lipinski definition) is 4. The number of aromatic nitrogens is 1. The van der Waals surface area contributed by atoms with Gasteiger partial charge in [-0.1, -0.05) is 0 Å². The summed E-state index contributed by atoms with van der Waals surface area (Å²) < 4.78 is 12.2. The largest absolute Gasteiger partial charge is 0.496 e. The van der Waals surface area contributed by atoms with Crippen LogP contribution in [0.15, 0.2) is 0 Å². The molecule has 0 bridgehead atoms. The van der Waals surface area contributed by atoms with E-state index in [-0.39, 0.29) is 0 Å². The molecule has 0 radical (unpaired) electrons. The first kappa shape index (κ1) is 16.0. The standard InChI is InChI=1S/C15H23BN2O3/c1-8-9(2)12(13(17)19)18-10(3)11(8)16-20-14(4,5)15(6,7)21-16/h1-7H3,(H2,17,19). The molecule has 1 fully saturated rings. The van der Waals surface area contributed by atoms with Gasteiger partial charge in [0.1, 0.15) is 5.69 Å². The highest BCUT2D eigenvalue weighted by Gasteiger charge is 2.52. The van der Waals surface area contributed by atoms with Crippen molar-refractivity contribution in [2.75, 3.05) is 0 Å². The van der Waals surface area contributed by atoms with Crippen LogP contribution in [0.2, 0.25) is 0 Å². The summed E-state index contributed by atoms with van der Waals surface area (Å²) in [7, 11) is -0.483. The van der Waals surface area contributed by atoms with Crippen molar-refractivity contribution in [3.8, 4) is 0 Å². The van der Waals surface area contributed by atoms with Crippen LogP contribution in [0.3, 0.4) is 0 Å². The number of aryl methyl sites for hydroxylation is 1. The molecule has 1 aromatic heterocycles. The van der Waals surface area contributed by atoms with Gasteiger partial charge in [-0.2, -0.15) is 0 Å². The fourth-order valence-electron chi connectivity index (χ4n) is 2.51. The number of nitrogens with two attached hydrogens (primary N) is 1. The maximum absolute atomic E-state index is 11.5. The number of rotatable bonds is 2. The minimum atomic E-state index is -0.515. The van der Waals surface area contributed by atoms with Gasteiger partial charge in [0, 0.05) is 11.2 Å². The van der Waals surface area contributed by atoms with Gasteiger partial charge in [-0.25, -0.2) is 4.98 Å². The van der Waals surface area contributed by atoms with E-state index < -0.39 is 24.2 Å². The van der Waals surface area contributed by atoms with Crippen LogP contribution in [0.4, 0.5) is 0 Å². The van der Waals surface area contributed by atoms with Crippen molar-refractivity contribution in [3.05, 3.63) is 22.5 Å². The Hall–Kier alpha value is -1.40. The van der Waals surface area contributed by atoms with E-state index in [9.17, 15) is 4.79 Å². The van der Waals surface area contributed by atoms with E-state index in [0.717, 1.165) is 16.6 Å². The van der Waals surface area contributed by atoms with Crippen molar-refractivity contribution >= 4 is 18.5 Å². The van der Waals surface area contributed by atoms with Crippen molar-refractivity contribution in [3.63, 3.8) is 0 Å². The second kappa shape index (κ2) is 4.82. The fraction of sp³-hybridized carbons (Fsp3) is 0.600. The van der Waals surface area contributed by atoms with E-state index in [1.165, 1.54) is 0 Å². The molecule has 6 heteroatoms. The lowest BCUT2D eigenvalue weighted by Crippen LogP contribution is -2.41. The Morgan fingerprint density at radius 3 is 1.95 bits per heavy atom. The van der Waals surface area contributed by atoms with Crippen molar-refractivity contribution in [2.24, 2.45) is 5.73 Å². The Morgan fingerprint density at radius 2 is 1.52 bits per heavy atom. The minimum Gasteiger partial charge on any atom is -0.399 e. The van der Waals surface area contributed by atoms with Gasteiger partial charge in [0.15, 0.2) is 0 Å². The molecule has 0 aromatic carbocycles. The molecular weight excluding hydrogens is 267 g/mol. The van der Waals surface area contributed by atoms with Gasteiger partial charge >= 0.3 is 7.12 Å². The molecule has 1 aliphatic heterocycles. The summed E-state index contributed by atoms with van der Waals surface area (Å²) in [5.41, 5.74) is 8.18. The zero-order valence-electron chi connectivity index (χ0n) is 13.8. The van der Waals surface area contributed by atoms with Crippen LogP contribution in [-0.4, -0.2) is 29.2 Å². The predicted molar refractivity (Wildman–Crippen MR) is 82.7 cm³/mol. The molecule has 2 rings (SSSR count). The average Bonchev–Trinajstić information content (AvgIpc) is 2.52. The van der Waals surface area contributed by atoms with Crippen LogP contribution in [0.25, 0.3) is 0 Å². The highest BCUT2D eigenvalue weighted by Crippen LogP contribution is 2.37. The second-order valence-corrected chi connectivity index (χ2v) is 6.66. The second-order valence-electron chi connectivity index (χ2n) is 6.66. The third-order valence-corrected chi connectivity index (χ3v) is 4.71. The van der Waals surface area contributed by atoms with Gasteiger partial charge < -0.3 is 15.0 Å². The normalized spacial score (nSPS) is 19.9. The van der Waals surface area contributed by atoms with Gasteiger partial charge in [0.2, 0.25) is 0 Å². The maximum atomic E-state index is 11.5. The van der Waals surface area contributed by atoms with Crippen LogP contribution < -0.4 is 11.2 Å². The van der Waals surface area contributed by atoms with Crippen LogP contribution in [0, 0.1) is 20.8 Å². The molecule has 114 valence electrons. The minimum absolute atomic E-state index is 0.310. The Labute approximate surface area is 126 Å². The topological polar surface area (TPSA) is 74.4 Å². The summed E-state index contributed by atoms with van der Waals surface area (Å²) in [5, 5.41) is 0. The monoisotopic (exact) mass is 290 g/mol. The molecule has 1 aromatic rings. The summed E-state index contributed by atoms with van der Waals surface area (Å²) >= 11 is 0. The number of nitrogens with zero attached hydrogens (tertiary/aromatic N) is 1. The van der Waals surface area contributed by atoms with Gasteiger partial charge in [-0.3, -0.25) is 4.79 Å². The van der Waals surface area contributed by atoms with E-state index in [0.29, 0.717) is 11.4 Å². The first-order chi connectivity index (χ1) is 9.48. The molecule has 1 amide bonds. The molecule has 21 heavy (non-hydrogen) atoms. The first-order valence-corrected chi connectivity index (χ1v) is 7.11. The molecule has 0 saturated carbocycles. The van der Waals surface area contributed by atoms with Crippen LogP contribution >= 0.6 is 0 Å². The van der Waals surface area contributed by atoms with Crippen LogP contribution in [0.1, 0.15) is 55.0 Å². The summed E-state index contributed by atoms with van der Waals surface area (Å²) in [6, 6.07) is 0. The molecule has 2 heterocycles. The van der Waals surface area contributed by atoms with E-state index in [2.05, 4.69) is 4.98 Å². The lowest BCUT2D eigenvalue weighted by atomic mass is 9.74. The van der Waals surface area contributed by atoms with Crippen molar-refractivity contribution in [1.82, 2.24) is 4.98 Å². The summed E-state index contributed by atoms with van der Waals surface area (Å²) in [6.07, 6.45) is 0. The molecule has 5 nitrogen and oxygen atoms in total. The number of carbonyl (C=O) groups is 1. The van der Waals surface area contributed by atoms with Gasteiger partial charge in [-0.05, 0) is 59.6 Å². The molecule has 2 N–H and O–H groups in total. The van der Waals surface area contributed by atoms with Crippen LogP contribution in [-0.2, 0) is 9.31 Å². The first-order valence-electron chi connectivity index (χ1n) is 7.11. The average molecular weight is 290 g/mol. The highest BCUT2D eigenvalue weighted by molar-refractivity contribution is 6.63. The van der Waals surface area contributed by atoms with E-state index in [1.54, 1.807) is 0 Å².